The third kappa shape index (κ3) is 5.10. The lowest BCUT2D eigenvalue weighted by Crippen LogP contribution is -2.32. The van der Waals surface area contributed by atoms with E-state index in [0.717, 1.165) is 42.0 Å². The molecule has 1 heterocycles. The van der Waals surface area contributed by atoms with Gasteiger partial charge in [0.15, 0.2) is 6.61 Å². The van der Waals surface area contributed by atoms with E-state index in [4.69, 9.17) is 4.74 Å². The molecule has 2 aromatic rings. The van der Waals surface area contributed by atoms with Gasteiger partial charge in [0.1, 0.15) is 5.75 Å². The average Bonchev–Trinajstić information content (AvgIpc) is 2.97. The number of ether oxygens (including phenoxy) is 1. The zero-order valence-electron chi connectivity index (χ0n) is 16.6. The van der Waals surface area contributed by atoms with Crippen LogP contribution >= 0.6 is 0 Å². The summed E-state index contributed by atoms with van der Waals surface area (Å²) in [5.74, 6) is 1.23. The number of aryl methyl sites for hydroxylation is 2. The Kier molecular flexibility index (Phi) is 7.25. The summed E-state index contributed by atoms with van der Waals surface area (Å²) in [6.07, 6.45) is 2.87. The minimum Gasteiger partial charge on any atom is -0.483 e. The van der Waals surface area contributed by atoms with Crippen molar-refractivity contribution in [2.24, 2.45) is 0 Å². The predicted octanol–water partition coefficient (Wildman–Crippen LogP) is 4.01. The Labute approximate surface area is 156 Å². The van der Waals surface area contributed by atoms with Crippen molar-refractivity contribution in [2.45, 2.75) is 52.9 Å². The summed E-state index contributed by atoms with van der Waals surface area (Å²) in [5.41, 5.74) is 4.57. The van der Waals surface area contributed by atoms with Crippen LogP contribution in [0.4, 0.5) is 0 Å². The van der Waals surface area contributed by atoms with E-state index in [2.05, 4.69) is 30.1 Å². The fraction of sp³-hybridized carbons (Fsp3) is 0.524. The second kappa shape index (κ2) is 9.41. The predicted molar refractivity (Wildman–Crippen MR) is 105 cm³/mol. The number of hydrogen-bond donors (Lipinski definition) is 1. The van der Waals surface area contributed by atoms with Crippen LogP contribution in [0.15, 0.2) is 24.3 Å². The lowest BCUT2D eigenvalue weighted by molar-refractivity contribution is -0.132. The molecule has 142 valence electrons. The standard InChI is InChI=1S/C21H31N3O2/c1-6-15(2)18-10-7-8-12-20(18)26-14-21(25)24(5)13-9-11-19-16(3)22-23-17(19)4/h7-8,10,12,15H,6,9,11,13-14H2,1-5H3,(H,22,23). The van der Waals surface area contributed by atoms with Crippen molar-refractivity contribution in [1.29, 1.82) is 0 Å². The molecule has 0 saturated heterocycles. The number of amides is 1. The molecule has 5 nitrogen and oxygen atoms in total. The summed E-state index contributed by atoms with van der Waals surface area (Å²) in [6, 6.07) is 7.99. The van der Waals surface area contributed by atoms with Gasteiger partial charge in [-0.3, -0.25) is 9.89 Å². The van der Waals surface area contributed by atoms with Crippen LogP contribution in [0.25, 0.3) is 0 Å². The SMILES string of the molecule is CCC(C)c1ccccc1OCC(=O)N(C)CCCc1c(C)n[nH]c1C. The number of para-hydroxylation sites is 1. The van der Waals surface area contributed by atoms with Crippen molar-refractivity contribution < 1.29 is 9.53 Å². The maximum absolute atomic E-state index is 12.4. The number of aromatic amines is 1. The molecule has 0 bridgehead atoms. The maximum Gasteiger partial charge on any atom is 0.260 e. The quantitative estimate of drug-likeness (QED) is 0.738. The number of rotatable bonds is 9. The Balaban J connectivity index is 1.82. The lowest BCUT2D eigenvalue weighted by Gasteiger charge is -2.19. The number of nitrogens with one attached hydrogen (secondary N) is 1. The minimum absolute atomic E-state index is 0.00425. The molecular weight excluding hydrogens is 326 g/mol. The Hall–Kier alpha value is -2.30. The molecule has 0 saturated carbocycles. The van der Waals surface area contributed by atoms with Gasteiger partial charge in [0.2, 0.25) is 0 Å². The second-order valence-electron chi connectivity index (χ2n) is 6.97. The highest BCUT2D eigenvalue weighted by atomic mass is 16.5. The number of aromatic nitrogens is 2. The number of carbonyl (C=O) groups excluding carboxylic acids is 1. The van der Waals surface area contributed by atoms with E-state index in [1.165, 1.54) is 5.56 Å². The van der Waals surface area contributed by atoms with Crippen molar-refractivity contribution in [3.8, 4) is 5.75 Å². The molecule has 2 rings (SSSR count). The Morgan fingerprint density at radius 3 is 2.69 bits per heavy atom. The van der Waals surface area contributed by atoms with Crippen molar-refractivity contribution in [2.75, 3.05) is 20.2 Å². The van der Waals surface area contributed by atoms with E-state index in [1.54, 1.807) is 4.90 Å². The van der Waals surface area contributed by atoms with Crippen LogP contribution in [-0.2, 0) is 11.2 Å². The first-order valence-electron chi connectivity index (χ1n) is 9.40. The second-order valence-corrected chi connectivity index (χ2v) is 6.97. The van der Waals surface area contributed by atoms with Crippen LogP contribution in [0.1, 0.15) is 55.1 Å². The van der Waals surface area contributed by atoms with Crippen LogP contribution in [0.5, 0.6) is 5.75 Å². The fourth-order valence-electron chi connectivity index (χ4n) is 3.05. The third-order valence-electron chi connectivity index (χ3n) is 5.04. The van der Waals surface area contributed by atoms with Crippen LogP contribution in [-0.4, -0.2) is 41.2 Å². The van der Waals surface area contributed by atoms with E-state index in [1.807, 2.05) is 39.1 Å². The van der Waals surface area contributed by atoms with Gasteiger partial charge in [-0.2, -0.15) is 5.10 Å². The number of benzene rings is 1. The highest BCUT2D eigenvalue weighted by molar-refractivity contribution is 5.77. The Bertz CT molecular complexity index is 704. The normalized spacial score (nSPS) is 12.0. The summed E-state index contributed by atoms with van der Waals surface area (Å²) in [5, 5.41) is 7.22. The fourth-order valence-corrected chi connectivity index (χ4v) is 3.05. The Morgan fingerprint density at radius 2 is 2.04 bits per heavy atom. The van der Waals surface area contributed by atoms with Crippen molar-refractivity contribution in [1.82, 2.24) is 15.1 Å². The first kappa shape index (κ1) is 20.0. The molecule has 1 unspecified atom stereocenters. The zero-order chi connectivity index (χ0) is 19.1. The van der Waals surface area contributed by atoms with Gasteiger partial charge < -0.3 is 9.64 Å². The van der Waals surface area contributed by atoms with Gasteiger partial charge in [0.25, 0.3) is 5.91 Å². The van der Waals surface area contributed by atoms with E-state index in [-0.39, 0.29) is 12.5 Å². The molecule has 5 heteroatoms. The van der Waals surface area contributed by atoms with Gasteiger partial charge in [0, 0.05) is 19.3 Å². The molecule has 0 aliphatic heterocycles. The largest absolute Gasteiger partial charge is 0.483 e. The molecule has 0 aliphatic carbocycles. The van der Waals surface area contributed by atoms with Crippen LogP contribution in [0, 0.1) is 13.8 Å². The molecule has 1 N–H and O–H groups in total. The molecule has 0 radical (unpaired) electrons. The molecule has 1 amide bonds. The van der Waals surface area contributed by atoms with Crippen molar-refractivity contribution in [3.05, 3.63) is 46.8 Å². The third-order valence-corrected chi connectivity index (χ3v) is 5.04. The number of H-pyrrole nitrogens is 1. The van der Waals surface area contributed by atoms with E-state index >= 15 is 0 Å². The molecule has 0 fully saturated rings. The van der Waals surface area contributed by atoms with E-state index in [9.17, 15) is 4.79 Å². The first-order chi connectivity index (χ1) is 12.4. The molecular formula is C21H31N3O2. The first-order valence-corrected chi connectivity index (χ1v) is 9.40. The van der Waals surface area contributed by atoms with Crippen LogP contribution < -0.4 is 4.74 Å². The van der Waals surface area contributed by atoms with Gasteiger partial charge in [-0.1, -0.05) is 32.0 Å². The van der Waals surface area contributed by atoms with Gasteiger partial charge in [-0.15, -0.1) is 0 Å². The smallest absolute Gasteiger partial charge is 0.260 e. The Morgan fingerprint density at radius 1 is 1.31 bits per heavy atom. The van der Waals surface area contributed by atoms with Crippen molar-refractivity contribution in [3.63, 3.8) is 0 Å². The summed E-state index contributed by atoms with van der Waals surface area (Å²) in [7, 11) is 1.83. The van der Waals surface area contributed by atoms with Gasteiger partial charge in [-0.25, -0.2) is 0 Å². The van der Waals surface area contributed by atoms with Crippen molar-refractivity contribution >= 4 is 5.91 Å². The molecule has 1 aromatic heterocycles. The topological polar surface area (TPSA) is 58.2 Å². The lowest BCUT2D eigenvalue weighted by atomic mass is 9.98. The molecule has 0 spiro atoms. The highest BCUT2D eigenvalue weighted by Crippen LogP contribution is 2.28. The van der Waals surface area contributed by atoms with E-state index < -0.39 is 0 Å². The van der Waals surface area contributed by atoms with E-state index in [0.29, 0.717) is 12.5 Å². The minimum atomic E-state index is 0.00425. The summed E-state index contributed by atoms with van der Waals surface area (Å²) < 4.78 is 5.83. The molecule has 26 heavy (non-hydrogen) atoms. The maximum atomic E-state index is 12.4. The van der Waals surface area contributed by atoms with Crippen LogP contribution in [0.2, 0.25) is 0 Å². The summed E-state index contributed by atoms with van der Waals surface area (Å²) in [6.45, 7) is 9.16. The number of likely N-dealkylation sites (N-methyl/N-ethyl adjacent to an activating group) is 1. The van der Waals surface area contributed by atoms with Gasteiger partial charge >= 0.3 is 0 Å². The number of nitrogens with zero attached hydrogens (tertiary/aromatic N) is 2. The molecule has 1 atom stereocenters. The van der Waals surface area contributed by atoms with Crippen LogP contribution in [0.3, 0.4) is 0 Å². The van der Waals surface area contributed by atoms with Gasteiger partial charge in [-0.05, 0) is 56.2 Å². The van der Waals surface area contributed by atoms with Gasteiger partial charge in [0.05, 0.1) is 5.69 Å². The summed E-state index contributed by atoms with van der Waals surface area (Å²) >= 11 is 0. The summed E-state index contributed by atoms with van der Waals surface area (Å²) in [4.78, 5) is 14.1. The molecule has 0 aliphatic rings. The highest BCUT2D eigenvalue weighted by Gasteiger charge is 2.14. The number of hydrogen-bond acceptors (Lipinski definition) is 3. The monoisotopic (exact) mass is 357 g/mol. The number of carbonyl (C=O) groups is 1. The molecule has 1 aromatic carbocycles. The zero-order valence-corrected chi connectivity index (χ0v) is 16.6. The average molecular weight is 357 g/mol.